The van der Waals surface area contributed by atoms with Gasteiger partial charge in [-0.2, -0.15) is 0 Å². The smallest absolute Gasteiger partial charge is 0.0569 e. The lowest BCUT2D eigenvalue weighted by Gasteiger charge is -2.32. The van der Waals surface area contributed by atoms with E-state index in [0.717, 1.165) is 24.2 Å². The Kier molecular flexibility index (Phi) is 9.62. The summed E-state index contributed by atoms with van der Waals surface area (Å²) >= 11 is 0. The molecule has 0 spiro atoms. The molecule has 0 aliphatic heterocycles. The minimum atomic E-state index is 0.965. The van der Waals surface area contributed by atoms with Gasteiger partial charge in [0.2, 0.25) is 0 Å². The lowest BCUT2D eigenvalue weighted by Crippen LogP contribution is -2.14. The molecule has 0 aliphatic carbocycles. The summed E-state index contributed by atoms with van der Waals surface area (Å²) < 4.78 is 0. The van der Waals surface area contributed by atoms with Crippen molar-refractivity contribution < 1.29 is 0 Å². The second-order valence-corrected chi connectivity index (χ2v) is 16.0. The summed E-state index contributed by atoms with van der Waals surface area (Å²) in [5.41, 5.74) is 16.9. The number of rotatable bonds is 10. The Morgan fingerprint density at radius 3 is 1.18 bits per heavy atom. The Bertz CT molecular complexity index is 2930. The fourth-order valence-corrected chi connectivity index (χ4v) is 9.38. The highest BCUT2D eigenvalue weighted by atomic mass is 15.2. The second-order valence-electron chi connectivity index (χ2n) is 16.0. The highest BCUT2D eigenvalue weighted by Gasteiger charge is 2.26. The molecular formula is C58H48N2. The highest BCUT2D eigenvalue weighted by molar-refractivity contribution is 6.28. The normalized spacial score (nSPS) is 11.5. The minimum absolute atomic E-state index is 0.965. The predicted molar refractivity (Wildman–Crippen MR) is 259 cm³/mol. The van der Waals surface area contributed by atoms with E-state index in [1.807, 2.05) is 0 Å². The number of anilines is 6. The van der Waals surface area contributed by atoms with E-state index in [1.165, 1.54) is 99.6 Å². The van der Waals surface area contributed by atoms with Gasteiger partial charge in [-0.3, -0.25) is 0 Å². The van der Waals surface area contributed by atoms with Gasteiger partial charge in [0.05, 0.1) is 22.7 Å². The van der Waals surface area contributed by atoms with E-state index in [0.29, 0.717) is 0 Å². The molecule has 0 radical (unpaired) electrons. The van der Waals surface area contributed by atoms with Crippen LogP contribution in [0.15, 0.2) is 194 Å². The Morgan fingerprint density at radius 1 is 0.367 bits per heavy atom. The highest BCUT2D eigenvalue weighted by Crippen LogP contribution is 2.51. The first-order valence-electron chi connectivity index (χ1n) is 21.3. The molecule has 2 heteroatoms. The van der Waals surface area contributed by atoms with Crippen LogP contribution in [-0.2, 0) is 12.8 Å². The maximum atomic E-state index is 2.52. The van der Waals surface area contributed by atoms with Crippen LogP contribution in [0.25, 0.3) is 54.6 Å². The zero-order valence-electron chi connectivity index (χ0n) is 34.8. The summed E-state index contributed by atoms with van der Waals surface area (Å²) in [7, 11) is 0. The summed E-state index contributed by atoms with van der Waals surface area (Å²) in [6.45, 7) is 8.97. The van der Waals surface area contributed by atoms with Crippen LogP contribution < -0.4 is 9.80 Å². The molecule has 0 saturated heterocycles. The summed E-state index contributed by atoms with van der Waals surface area (Å²) in [6, 6.07) is 71.9. The Labute approximate surface area is 354 Å². The molecule has 60 heavy (non-hydrogen) atoms. The number of hydrogen-bond donors (Lipinski definition) is 0. The summed E-state index contributed by atoms with van der Waals surface area (Å²) in [6.07, 6.45) is 1.93. The molecular weight excluding hydrogens is 725 g/mol. The maximum Gasteiger partial charge on any atom is 0.0569 e. The van der Waals surface area contributed by atoms with E-state index in [1.54, 1.807) is 0 Å². The van der Waals surface area contributed by atoms with E-state index in [9.17, 15) is 0 Å². The van der Waals surface area contributed by atoms with Crippen molar-refractivity contribution in [2.24, 2.45) is 0 Å². The van der Waals surface area contributed by atoms with Crippen molar-refractivity contribution in [1.82, 2.24) is 0 Å². The van der Waals surface area contributed by atoms with Crippen LogP contribution in [0.3, 0.4) is 0 Å². The van der Waals surface area contributed by atoms with Crippen molar-refractivity contribution in [3.8, 4) is 22.3 Å². The molecule has 0 fully saturated rings. The average molecular weight is 773 g/mol. The van der Waals surface area contributed by atoms with Crippen LogP contribution >= 0.6 is 0 Å². The first-order chi connectivity index (χ1) is 29.5. The molecule has 290 valence electrons. The van der Waals surface area contributed by atoms with E-state index >= 15 is 0 Å². The third-order valence-electron chi connectivity index (χ3n) is 12.3. The summed E-state index contributed by atoms with van der Waals surface area (Å²) in [5.74, 6) is 0. The molecule has 0 saturated carbocycles. The van der Waals surface area contributed by atoms with Crippen molar-refractivity contribution in [3.05, 3.63) is 216 Å². The number of nitrogens with zero attached hydrogens (tertiary/aromatic N) is 2. The topological polar surface area (TPSA) is 6.48 Å². The van der Waals surface area contributed by atoms with Crippen LogP contribution in [0, 0.1) is 13.8 Å². The van der Waals surface area contributed by atoms with Crippen LogP contribution in [0.1, 0.15) is 36.1 Å². The van der Waals surface area contributed by atoms with Gasteiger partial charge in [-0.05, 0) is 118 Å². The molecule has 2 nitrogen and oxygen atoms in total. The van der Waals surface area contributed by atoms with Crippen LogP contribution in [0.5, 0.6) is 0 Å². The van der Waals surface area contributed by atoms with E-state index in [4.69, 9.17) is 0 Å². The quantitative estimate of drug-likeness (QED) is 0.128. The maximum absolute atomic E-state index is 2.52. The van der Waals surface area contributed by atoms with Gasteiger partial charge in [0.25, 0.3) is 0 Å². The van der Waals surface area contributed by atoms with Crippen LogP contribution in [-0.4, -0.2) is 0 Å². The molecule has 0 bridgehead atoms. The second kappa shape index (κ2) is 15.5. The van der Waals surface area contributed by atoms with Crippen LogP contribution in [0.2, 0.25) is 0 Å². The van der Waals surface area contributed by atoms with Crippen molar-refractivity contribution in [1.29, 1.82) is 0 Å². The van der Waals surface area contributed by atoms with Gasteiger partial charge in [-0.15, -0.1) is 0 Å². The largest absolute Gasteiger partial charge is 0.309 e. The van der Waals surface area contributed by atoms with Crippen molar-refractivity contribution in [3.63, 3.8) is 0 Å². The molecule has 0 heterocycles. The number of para-hydroxylation sites is 2. The lowest BCUT2D eigenvalue weighted by molar-refractivity contribution is 1.13. The summed E-state index contributed by atoms with van der Waals surface area (Å²) in [5, 5.41) is 7.50. The fraction of sp³-hybridized carbons (Fsp3) is 0.103. The first kappa shape index (κ1) is 37.1. The van der Waals surface area contributed by atoms with E-state index in [-0.39, 0.29) is 0 Å². The van der Waals surface area contributed by atoms with Gasteiger partial charge in [-0.25, -0.2) is 0 Å². The Hall–Kier alpha value is -7.16. The number of hydrogen-bond acceptors (Lipinski definition) is 2. The third kappa shape index (κ3) is 6.37. The zero-order valence-corrected chi connectivity index (χ0v) is 34.8. The lowest BCUT2D eigenvalue weighted by atomic mass is 9.90. The molecule has 0 amide bonds. The average Bonchev–Trinajstić information content (AvgIpc) is 3.30. The zero-order chi connectivity index (χ0) is 40.7. The molecule has 0 aliphatic rings. The van der Waals surface area contributed by atoms with Gasteiger partial charge in [0.1, 0.15) is 0 Å². The molecule has 10 rings (SSSR count). The number of aryl methyl sites for hydroxylation is 4. The predicted octanol–water partition coefficient (Wildman–Crippen LogP) is 16.6. The number of benzene rings is 10. The Morgan fingerprint density at radius 2 is 0.767 bits per heavy atom. The third-order valence-corrected chi connectivity index (χ3v) is 12.3. The van der Waals surface area contributed by atoms with Gasteiger partial charge in [0, 0.05) is 33.3 Å². The monoisotopic (exact) mass is 772 g/mol. The van der Waals surface area contributed by atoms with Gasteiger partial charge in [0.15, 0.2) is 0 Å². The Balaban J connectivity index is 1.27. The van der Waals surface area contributed by atoms with Gasteiger partial charge in [-0.1, -0.05) is 172 Å². The van der Waals surface area contributed by atoms with E-state index in [2.05, 4.69) is 232 Å². The molecule has 10 aromatic rings. The summed E-state index contributed by atoms with van der Waals surface area (Å²) in [4.78, 5) is 5.04. The first-order valence-corrected chi connectivity index (χ1v) is 21.3. The van der Waals surface area contributed by atoms with Crippen LogP contribution in [0.4, 0.5) is 34.1 Å². The fourth-order valence-electron chi connectivity index (χ4n) is 9.38. The molecule has 0 aromatic heterocycles. The van der Waals surface area contributed by atoms with Crippen molar-refractivity contribution in [2.45, 2.75) is 40.5 Å². The molecule has 0 unspecified atom stereocenters. The van der Waals surface area contributed by atoms with Crippen molar-refractivity contribution in [2.75, 3.05) is 9.80 Å². The van der Waals surface area contributed by atoms with E-state index < -0.39 is 0 Å². The van der Waals surface area contributed by atoms with Gasteiger partial charge >= 0.3 is 0 Å². The molecule has 10 aromatic carbocycles. The molecule has 0 N–H and O–H groups in total. The molecule has 0 atom stereocenters. The SMILES string of the molecule is CCc1cccc(N(c2c(C)cccc2-c2ccccc2)c2ccc3ccc4c(N(c5cccc(CC)c5)c5c(C)cccc5-c5ccccc5)ccc5ccc2c3c54)c1. The standard InChI is InChI=1S/C58H48N2/c1-5-41-19-15-25-47(37-41)59(57-39(3)17-13-27-49(57)43-21-9-7-10-22-43)53-35-31-45-30-34-52-54(36-32-46-29-33-51(53)55(45)56(46)52)60(48-26-16-20-42(6-2)38-48)58-40(4)18-14-28-50(58)44-23-11-8-12-24-44/h7-38H,5-6H2,1-4H3. The van der Waals surface area contributed by atoms with Crippen molar-refractivity contribution >= 4 is 66.4 Å². The van der Waals surface area contributed by atoms with Gasteiger partial charge < -0.3 is 9.80 Å². The minimum Gasteiger partial charge on any atom is -0.309 e.